The van der Waals surface area contributed by atoms with Crippen molar-refractivity contribution in [2.45, 2.75) is 44.8 Å². The molecular formula is C12H20N4O. The van der Waals surface area contributed by atoms with Crippen LogP contribution >= 0.6 is 0 Å². The lowest BCUT2D eigenvalue weighted by Gasteiger charge is -2.34. The van der Waals surface area contributed by atoms with Crippen LogP contribution in [0.4, 0.5) is 11.6 Å². The summed E-state index contributed by atoms with van der Waals surface area (Å²) < 4.78 is 5.24. The van der Waals surface area contributed by atoms with E-state index in [-0.39, 0.29) is 0 Å². The van der Waals surface area contributed by atoms with Crippen molar-refractivity contribution in [2.24, 2.45) is 0 Å². The van der Waals surface area contributed by atoms with Gasteiger partial charge in [0.15, 0.2) is 0 Å². The minimum atomic E-state index is 0.391. The molecule has 0 spiro atoms. The lowest BCUT2D eigenvalue weighted by molar-refractivity contribution is 0.0328. The Kier molecular flexibility index (Phi) is 3.78. The fraction of sp³-hybridized carbons (Fsp3) is 0.667. The van der Waals surface area contributed by atoms with E-state index in [1.54, 1.807) is 13.2 Å². The van der Waals surface area contributed by atoms with Gasteiger partial charge in [-0.15, -0.1) is 0 Å². The van der Waals surface area contributed by atoms with Gasteiger partial charge >= 0.3 is 0 Å². The van der Waals surface area contributed by atoms with Crippen molar-refractivity contribution in [1.29, 1.82) is 0 Å². The molecule has 5 heteroatoms. The van der Waals surface area contributed by atoms with Crippen molar-refractivity contribution in [2.75, 3.05) is 18.2 Å². The average Bonchev–Trinajstić information content (AvgIpc) is 2.22. The Morgan fingerprint density at radius 3 is 2.88 bits per heavy atom. The van der Waals surface area contributed by atoms with Gasteiger partial charge in [-0.05, 0) is 19.3 Å². The Morgan fingerprint density at radius 2 is 2.24 bits per heavy atom. The lowest BCUT2D eigenvalue weighted by Crippen LogP contribution is -2.40. The van der Waals surface area contributed by atoms with Crippen LogP contribution in [0.1, 0.15) is 32.0 Å². The molecule has 5 nitrogen and oxygen atoms in total. The maximum atomic E-state index is 5.76. The Bertz CT molecular complexity index is 377. The van der Waals surface area contributed by atoms with Crippen LogP contribution in [0, 0.1) is 0 Å². The number of nitrogen functional groups attached to an aromatic ring is 1. The van der Waals surface area contributed by atoms with Gasteiger partial charge < -0.3 is 15.8 Å². The zero-order valence-electron chi connectivity index (χ0n) is 10.4. The average molecular weight is 236 g/mol. The van der Waals surface area contributed by atoms with E-state index in [9.17, 15) is 0 Å². The van der Waals surface area contributed by atoms with Gasteiger partial charge in [-0.1, -0.05) is 6.92 Å². The lowest BCUT2D eigenvalue weighted by atomic mass is 9.89. The van der Waals surface area contributed by atoms with Crippen LogP contribution in [-0.4, -0.2) is 29.2 Å². The van der Waals surface area contributed by atoms with E-state index in [2.05, 4.69) is 22.2 Å². The first-order valence-corrected chi connectivity index (χ1v) is 6.14. The fourth-order valence-electron chi connectivity index (χ4n) is 2.01. The molecule has 0 bridgehead atoms. The van der Waals surface area contributed by atoms with Crippen LogP contribution < -0.4 is 11.1 Å². The first-order chi connectivity index (χ1) is 8.21. The molecule has 94 valence electrons. The predicted octanol–water partition coefficient (Wildman–Crippen LogP) is 1.60. The van der Waals surface area contributed by atoms with E-state index in [4.69, 9.17) is 10.5 Å². The third-order valence-corrected chi connectivity index (χ3v) is 3.05. The van der Waals surface area contributed by atoms with Gasteiger partial charge in [-0.2, -0.15) is 0 Å². The number of nitrogens with one attached hydrogen (secondary N) is 1. The number of hydrogen-bond donors (Lipinski definition) is 2. The number of aromatic nitrogens is 2. The second-order valence-electron chi connectivity index (χ2n) is 4.51. The highest BCUT2D eigenvalue weighted by Gasteiger charge is 2.29. The zero-order valence-corrected chi connectivity index (χ0v) is 10.4. The summed E-state index contributed by atoms with van der Waals surface area (Å²) in [7, 11) is 1.75. The van der Waals surface area contributed by atoms with Crippen LogP contribution in [0.3, 0.4) is 0 Å². The third kappa shape index (κ3) is 3.06. The fourth-order valence-corrected chi connectivity index (χ4v) is 2.01. The summed E-state index contributed by atoms with van der Waals surface area (Å²) in [6.45, 7) is 2.11. The number of ether oxygens (including phenoxy) is 1. The van der Waals surface area contributed by atoms with Gasteiger partial charge in [-0.25, -0.2) is 9.97 Å². The van der Waals surface area contributed by atoms with Gasteiger partial charge in [0.1, 0.15) is 17.5 Å². The number of rotatable bonds is 5. The van der Waals surface area contributed by atoms with E-state index >= 15 is 0 Å². The standard InChI is InChI=1S/C12H20N4O/c1-3-4-11-15-10(13)7-12(16-11)14-8-5-9(6-8)17-2/h7-9H,3-6H2,1-2H3,(H3,13,14,15,16). The molecule has 0 radical (unpaired) electrons. The molecule has 1 heterocycles. The molecule has 1 fully saturated rings. The first-order valence-electron chi connectivity index (χ1n) is 6.14. The van der Waals surface area contributed by atoms with E-state index in [0.29, 0.717) is 18.0 Å². The van der Waals surface area contributed by atoms with Crippen LogP contribution in [0.2, 0.25) is 0 Å². The number of methoxy groups -OCH3 is 1. The molecule has 0 aliphatic heterocycles. The molecule has 0 saturated heterocycles. The normalized spacial score (nSPS) is 23.2. The maximum Gasteiger partial charge on any atom is 0.133 e. The number of aryl methyl sites for hydroxylation is 1. The van der Waals surface area contributed by atoms with Gasteiger partial charge in [-0.3, -0.25) is 0 Å². The topological polar surface area (TPSA) is 73.1 Å². The van der Waals surface area contributed by atoms with Gasteiger partial charge in [0, 0.05) is 25.6 Å². The van der Waals surface area contributed by atoms with E-state index < -0.39 is 0 Å². The van der Waals surface area contributed by atoms with Crippen molar-refractivity contribution in [3.05, 3.63) is 11.9 Å². The summed E-state index contributed by atoms with van der Waals surface area (Å²) in [5, 5.41) is 3.37. The highest BCUT2D eigenvalue weighted by Crippen LogP contribution is 2.26. The predicted molar refractivity (Wildman–Crippen MR) is 67.9 cm³/mol. The second-order valence-corrected chi connectivity index (χ2v) is 4.51. The van der Waals surface area contributed by atoms with Crippen LogP contribution in [-0.2, 0) is 11.2 Å². The number of anilines is 2. The monoisotopic (exact) mass is 236 g/mol. The van der Waals surface area contributed by atoms with Crippen molar-refractivity contribution in [3.8, 4) is 0 Å². The van der Waals surface area contributed by atoms with E-state index in [0.717, 1.165) is 37.3 Å². The van der Waals surface area contributed by atoms with Crippen LogP contribution in [0.25, 0.3) is 0 Å². The molecule has 1 aromatic heterocycles. The summed E-state index contributed by atoms with van der Waals surface area (Å²) in [5.41, 5.74) is 5.76. The quantitative estimate of drug-likeness (QED) is 0.812. The number of nitrogens with zero attached hydrogens (tertiary/aromatic N) is 2. The third-order valence-electron chi connectivity index (χ3n) is 3.05. The minimum Gasteiger partial charge on any atom is -0.384 e. The SMILES string of the molecule is CCCc1nc(N)cc(NC2CC(OC)C2)n1. The highest BCUT2D eigenvalue weighted by molar-refractivity contribution is 5.45. The van der Waals surface area contributed by atoms with Crippen LogP contribution in [0.5, 0.6) is 0 Å². The Balaban J connectivity index is 1.96. The number of nitrogens with two attached hydrogens (primary N) is 1. The summed E-state index contributed by atoms with van der Waals surface area (Å²) in [5.74, 6) is 2.19. The molecule has 1 aliphatic carbocycles. The molecular weight excluding hydrogens is 216 g/mol. The molecule has 0 amide bonds. The van der Waals surface area contributed by atoms with Crippen molar-refractivity contribution in [3.63, 3.8) is 0 Å². The first kappa shape index (κ1) is 12.1. The zero-order chi connectivity index (χ0) is 12.3. The van der Waals surface area contributed by atoms with Crippen molar-refractivity contribution < 1.29 is 4.74 Å². The van der Waals surface area contributed by atoms with E-state index in [1.807, 2.05) is 0 Å². The van der Waals surface area contributed by atoms with Gasteiger partial charge in [0.05, 0.1) is 6.10 Å². The molecule has 1 aromatic rings. The molecule has 0 atom stereocenters. The highest BCUT2D eigenvalue weighted by atomic mass is 16.5. The maximum absolute atomic E-state index is 5.76. The number of hydrogen-bond acceptors (Lipinski definition) is 5. The molecule has 17 heavy (non-hydrogen) atoms. The Labute approximate surface area is 102 Å². The molecule has 0 unspecified atom stereocenters. The summed E-state index contributed by atoms with van der Waals surface area (Å²) in [6.07, 6.45) is 4.35. The summed E-state index contributed by atoms with van der Waals surface area (Å²) >= 11 is 0. The summed E-state index contributed by atoms with van der Waals surface area (Å²) in [4.78, 5) is 8.66. The Hall–Kier alpha value is -1.36. The molecule has 0 aromatic carbocycles. The molecule has 2 rings (SSSR count). The van der Waals surface area contributed by atoms with E-state index in [1.165, 1.54) is 0 Å². The van der Waals surface area contributed by atoms with Crippen molar-refractivity contribution in [1.82, 2.24) is 9.97 Å². The smallest absolute Gasteiger partial charge is 0.133 e. The van der Waals surface area contributed by atoms with Gasteiger partial charge in [0.2, 0.25) is 0 Å². The molecule has 1 aliphatic rings. The second kappa shape index (κ2) is 5.31. The Morgan fingerprint density at radius 1 is 1.47 bits per heavy atom. The molecule has 3 N–H and O–H groups in total. The van der Waals surface area contributed by atoms with Gasteiger partial charge in [0.25, 0.3) is 0 Å². The van der Waals surface area contributed by atoms with Crippen LogP contribution in [0.15, 0.2) is 6.07 Å². The molecule has 1 saturated carbocycles. The largest absolute Gasteiger partial charge is 0.384 e. The van der Waals surface area contributed by atoms with Crippen molar-refractivity contribution >= 4 is 11.6 Å². The minimum absolute atomic E-state index is 0.391. The summed E-state index contributed by atoms with van der Waals surface area (Å²) in [6, 6.07) is 2.24.